The van der Waals surface area contributed by atoms with Gasteiger partial charge in [-0.15, -0.1) is 0 Å². The number of rotatable bonds is 10. The molecule has 0 aromatic heterocycles. The first-order valence-electron chi connectivity index (χ1n) is 11.0. The molecule has 0 saturated heterocycles. The molecule has 0 aliphatic rings. The summed E-state index contributed by atoms with van der Waals surface area (Å²) in [5, 5.41) is 1.15. The quantitative estimate of drug-likeness (QED) is 0.268. The molecule has 0 atom stereocenters. The highest BCUT2D eigenvalue weighted by Gasteiger charge is 2.14. The van der Waals surface area contributed by atoms with Gasteiger partial charge in [0.1, 0.15) is 17.2 Å². The average Bonchev–Trinajstić information content (AvgIpc) is 2.87. The van der Waals surface area contributed by atoms with Crippen molar-refractivity contribution in [2.45, 2.75) is 12.7 Å². The molecule has 0 N–H and O–H groups in total. The molecule has 36 heavy (non-hydrogen) atoms. The Kier molecular flexibility index (Phi) is 8.60. The largest absolute Gasteiger partial charge is 0.496 e. The van der Waals surface area contributed by atoms with Crippen molar-refractivity contribution in [1.29, 1.82) is 0 Å². The summed E-state index contributed by atoms with van der Waals surface area (Å²) in [7, 11) is 2.33. The summed E-state index contributed by atoms with van der Waals surface area (Å²) in [6.07, 6.45) is 3.14. The molecular formula is C27H29N2O6S+. The van der Waals surface area contributed by atoms with Crippen LogP contribution in [0.15, 0.2) is 65.0 Å². The van der Waals surface area contributed by atoms with Gasteiger partial charge in [-0.05, 0) is 47.9 Å². The molecule has 0 heterocycles. The highest BCUT2D eigenvalue weighted by molar-refractivity contribution is 7.93. The minimum Gasteiger partial charge on any atom is -0.496 e. The summed E-state index contributed by atoms with van der Waals surface area (Å²) >= 11 is 0. The van der Waals surface area contributed by atoms with Crippen molar-refractivity contribution < 1.29 is 27.4 Å². The molecule has 9 heteroatoms. The van der Waals surface area contributed by atoms with E-state index in [-0.39, 0.29) is 5.75 Å². The van der Waals surface area contributed by atoms with Crippen LogP contribution in [0.25, 0.3) is 6.08 Å². The average molecular weight is 510 g/mol. The first-order chi connectivity index (χ1) is 17.2. The Labute approximate surface area is 211 Å². The zero-order valence-electron chi connectivity index (χ0n) is 20.9. The normalized spacial score (nSPS) is 11.7. The molecule has 0 aliphatic heterocycles. The van der Waals surface area contributed by atoms with E-state index in [1.165, 1.54) is 34.5 Å². The fourth-order valence-corrected chi connectivity index (χ4v) is 4.53. The number of sulfone groups is 1. The van der Waals surface area contributed by atoms with Crippen LogP contribution >= 0.6 is 0 Å². The number of ether oxygens (including phenoxy) is 3. The summed E-state index contributed by atoms with van der Waals surface area (Å²) < 4.78 is 42.6. The fourth-order valence-electron chi connectivity index (χ4n) is 3.45. The van der Waals surface area contributed by atoms with Crippen molar-refractivity contribution in [3.8, 4) is 17.2 Å². The van der Waals surface area contributed by atoms with Crippen LogP contribution in [0.3, 0.4) is 0 Å². The van der Waals surface area contributed by atoms with Crippen LogP contribution in [0.1, 0.15) is 22.3 Å². The Morgan fingerprint density at radius 2 is 1.56 bits per heavy atom. The van der Waals surface area contributed by atoms with E-state index in [1.54, 1.807) is 54.7 Å². The summed E-state index contributed by atoms with van der Waals surface area (Å²) in [4.78, 5) is 15.9. The summed E-state index contributed by atoms with van der Waals surface area (Å²) in [5.41, 5.74) is 4.04. The number of hydrogen-bond acceptors (Lipinski definition) is 7. The number of aliphatic imine (C=N–C) groups is 1. The molecular weight excluding hydrogens is 480 g/mol. The summed E-state index contributed by atoms with van der Waals surface area (Å²) in [6.45, 7) is 1.91. The summed E-state index contributed by atoms with van der Waals surface area (Å²) in [6, 6.07) is 15.7. The van der Waals surface area contributed by atoms with Crippen molar-refractivity contribution >= 4 is 33.5 Å². The third-order valence-electron chi connectivity index (χ3n) is 5.45. The third-order valence-corrected chi connectivity index (χ3v) is 6.73. The molecule has 0 amide bonds. The van der Waals surface area contributed by atoms with E-state index in [0.717, 1.165) is 21.3 Å². The van der Waals surface area contributed by atoms with Crippen LogP contribution in [0, 0.1) is 11.8 Å². The maximum Gasteiger partial charge on any atom is 0.255 e. The van der Waals surface area contributed by atoms with E-state index >= 15 is 0 Å². The third kappa shape index (κ3) is 6.79. The Hall–Kier alpha value is -3.98. The number of hydrogen-bond donors (Lipinski definition) is 0. The second-order valence-corrected chi connectivity index (χ2v) is 9.91. The molecule has 0 aliphatic carbocycles. The van der Waals surface area contributed by atoms with Gasteiger partial charge in [0.05, 0.1) is 38.3 Å². The highest BCUT2D eigenvalue weighted by atomic mass is 32.2. The molecule has 0 bridgehead atoms. The molecule has 0 unspecified atom stereocenters. The van der Waals surface area contributed by atoms with Crippen LogP contribution in [-0.4, -0.2) is 47.8 Å². The number of aryl methyl sites for hydroxylation is 1. The predicted octanol–water partition coefficient (Wildman–Crippen LogP) is 5.40. The Balaban J connectivity index is 1.82. The van der Waals surface area contributed by atoms with Crippen LogP contribution in [0.2, 0.25) is 0 Å². The van der Waals surface area contributed by atoms with Gasteiger partial charge in [0.25, 0.3) is 5.69 Å². The van der Waals surface area contributed by atoms with Crippen molar-refractivity contribution in [3.63, 3.8) is 0 Å². The van der Waals surface area contributed by atoms with E-state index in [9.17, 15) is 13.3 Å². The lowest BCUT2D eigenvalue weighted by atomic mass is 10.1. The Morgan fingerprint density at radius 1 is 0.917 bits per heavy atom. The van der Waals surface area contributed by atoms with Gasteiger partial charge in [-0.3, -0.25) is 4.99 Å². The molecule has 8 nitrogen and oxygen atoms in total. The minimum atomic E-state index is -3.62. The number of methoxy groups -OCH3 is 3. The van der Waals surface area contributed by atoms with Crippen LogP contribution in [0.4, 0.5) is 11.4 Å². The monoisotopic (exact) mass is 509 g/mol. The van der Waals surface area contributed by atoms with Gasteiger partial charge in [-0.2, -0.15) is 0 Å². The molecule has 0 saturated carbocycles. The molecule has 0 fully saturated rings. The molecule has 3 aromatic carbocycles. The maximum atomic E-state index is 12.9. The highest BCUT2D eigenvalue weighted by Crippen LogP contribution is 2.35. The first kappa shape index (κ1) is 26.6. The smallest absolute Gasteiger partial charge is 0.255 e. The van der Waals surface area contributed by atoms with Gasteiger partial charge < -0.3 is 14.2 Å². The predicted molar refractivity (Wildman–Crippen MR) is 142 cm³/mol. The minimum absolute atomic E-state index is 0.197. The Bertz CT molecular complexity index is 1390. The van der Waals surface area contributed by atoms with Gasteiger partial charge in [0.2, 0.25) is 0 Å². The van der Waals surface area contributed by atoms with E-state index in [0.29, 0.717) is 39.8 Å². The van der Waals surface area contributed by atoms with Gasteiger partial charge in [0.15, 0.2) is 16.9 Å². The Morgan fingerprint density at radius 3 is 2.11 bits per heavy atom. The topological polar surface area (TPSA) is 94.3 Å². The fraction of sp³-hybridized carbons (Fsp3) is 0.222. The number of nitroso groups, excluding NO2 is 1. The first-order valence-corrected chi connectivity index (χ1v) is 12.7. The van der Waals surface area contributed by atoms with Crippen molar-refractivity contribution in [1.82, 2.24) is 0 Å². The molecule has 188 valence electrons. The molecule has 0 spiro atoms. The standard InChI is InChI=1S/C27H29N2O6S/c1-19-6-7-21(14-25(19)28-17-20-8-10-22(11-9-20)29(2)30)18-36(31,32)13-12-24-26(34-4)15-23(33-3)16-27(24)35-5/h6-17H,18H2,1-5H3/q+1/b13-12+,28-17-. The van der Waals surface area contributed by atoms with Crippen molar-refractivity contribution in [2.75, 3.05) is 28.4 Å². The van der Waals surface area contributed by atoms with Gasteiger partial charge in [-0.1, -0.05) is 12.1 Å². The van der Waals surface area contributed by atoms with Gasteiger partial charge in [0, 0.05) is 45.6 Å². The van der Waals surface area contributed by atoms with E-state index in [4.69, 9.17) is 14.2 Å². The zero-order valence-corrected chi connectivity index (χ0v) is 21.7. The number of nitrogens with zero attached hydrogens (tertiary/aromatic N) is 2. The molecule has 3 rings (SSSR count). The van der Waals surface area contributed by atoms with Crippen LogP contribution in [-0.2, 0) is 15.6 Å². The van der Waals surface area contributed by atoms with Crippen molar-refractivity contribution in [2.24, 2.45) is 4.99 Å². The van der Waals surface area contributed by atoms with Crippen molar-refractivity contribution in [3.05, 3.63) is 87.2 Å². The molecule has 3 aromatic rings. The van der Waals surface area contributed by atoms with E-state index in [2.05, 4.69) is 4.99 Å². The summed E-state index contributed by atoms with van der Waals surface area (Å²) in [5.74, 6) is 1.20. The SMILES string of the molecule is COc1cc(OC)c(/C=C/S(=O)(=O)Cc2ccc(C)c(/N=C\c3ccc([N+](C)=O)cc3)c2)c(OC)c1. The van der Waals surface area contributed by atoms with Crippen LogP contribution < -0.4 is 14.2 Å². The van der Waals surface area contributed by atoms with E-state index in [1.807, 2.05) is 13.0 Å². The van der Waals surface area contributed by atoms with E-state index < -0.39 is 9.84 Å². The maximum absolute atomic E-state index is 12.9. The van der Waals surface area contributed by atoms with Gasteiger partial charge >= 0.3 is 0 Å². The lowest BCUT2D eigenvalue weighted by Gasteiger charge is -2.12. The lowest BCUT2D eigenvalue weighted by Crippen LogP contribution is -2.01. The number of benzene rings is 3. The zero-order chi connectivity index (χ0) is 26.3. The second-order valence-electron chi connectivity index (χ2n) is 8.02. The molecule has 0 radical (unpaired) electrons. The second kappa shape index (κ2) is 11.6. The lowest BCUT2D eigenvalue weighted by molar-refractivity contribution is -0.428. The van der Waals surface area contributed by atoms with Crippen LogP contribution in [0.5, 0.6) is 17.2 Å². The van der Waals surface area contributed by atoms with Gasteiger partial charge in [-0.25, -0.2) is 8.42 Å².